The maximum absolute atomic E-state index is 12.7. The number of nitrogens with zero attached hydrogens (tertiary/aromatic N) is 2. The van der Waals surface area contributed by atoms with E-state index in [9.17, 15) is 4.79 Å². The van der Waals surface area contributed by atoms with Crippen molar-refractivity contribution < 1.29 is 18.7 Å². The van der Waals surface area contributed by atoms with Crippen LogP contribution in [-0.4, -0.2) is 42.8 Å². The van der Waals surface area contributed by atoms with Gasteiger partial charge in [-0.3, -0.25) is 4.79 Å². The van der Waals surface area contributed by atoms with Gasteiger partial charge < -0.3 is 29.8 Å². The highest BCUT2D eigenvalue weighted by Crippen LogP contribution is 2.47. The molecule has 2 aliphatic rings. The van der Waals surface area contributed by atoms with E-state index in [0.717, 1.165) is 46.0 Å². The molecule has 5 heterocycles. The maximum Gasteiger partial charge on any atom is 0.291 e. The van der Waals surface area contributed by atoms with Crippen molar-refractivity contribution in [1.82, 2.24) is 4.98 Å². The molecule has 1 aromatic carbocycles. The Morgan fingerprint density at radius 1 is 1.11 bits per heavy atom. The van der Waals surface area contributed by atoms with Crippen molar-refractivity contribution in [3.63, 3.8) is 0 Å². The number of hydrogen-bond acceptors (Lipinski definition) is 8. The number of furan rings is 1. The van der Waals surface area contributed by atoms with Crippen LogP contribution in [0.5, 0.6) is 0 Å². The number of para-hydroxylation sites is 1. The molecule has 0 aliphatic carbocycles. The zero-order valence-corrected chi connectivity index (χ0v) is 21.1. The summed E-state index contributed by atoms with van der Waals surface area (Å²) in [5.41, 5.74) is 10.1. The largest absolute Gasteiger partial charge is 0.450 e. The van der Waals surface area contributed by atoms with E-state index in [2.05, 4.69) is 24.1 Å². The van der Waals surface area contributed by atoms with Gasteiger partial charge in [-0.15, -0.1) is 11.3 Å². The lowest BCUT2D eigenvalue weighted by Crippen LogP contribution is -2.39. The van der Waals surface area contributed by atoms with E-state index in [1.807, 2.05) is 30.3 Å². The Hall–Kier alpha value is -3.40. The van der Waals surface area contributed by atoms with Crippen molar-refractivity contribution in [2.24, 2.45) is 0 Å². The number of anilines is 3. The number of rotatable bonds is 4. The first-order chi connectivity index (χ1) is 17.4. The van der Waals surface area contributed by atoms with Gasteiger partial charge in [0.05, 0.1) is 36.0 Å². The molecule has 4 aromatic rings. The minimum Gasteiger partial charge on any atom is -0.450 e. The average molecular weight is 505 g/mol. The number of nitrogens with one attached hydrogen (secondary N) is 1. The van der Waals surface area contributed by atoms with E-state index >= 15 is 0 Å². The first kappa shape index (κ1) is 23.0. The van der Waals surface area contributed by atoms with Crippen LogP contribution < -0.4 is 16.0 Å². The minimum absolute atomic E-state index is 0.226. The number of amides is 1. The monoisotopic (exact) mass is 504 g/mol. The standard InChI is InChI=1S/C27H28N4O4S/c1-27(2)14-17-18(15-34-27)24(31-10-12-33-13-11-31)30-26-21(17)22(28)23(36-26)19-8-9-20(35-19)25(32)29-16-6-4-3-5-7-16/h3-9H,10-15,28H2,1-2H3,(H,29,32). The summed E-state index contributed by atoms with van der Waals surface area (Å²) in [7, 11) is 0. The quantitative estimate of drug-likeness (QED) is 0.400. The van der Waals surface area contributed by atoms with Crippen LogP contribution in [0.1, 0.15) is 35.5 Å². The van der Waals surface area contributed by atoms with Gasteiger partial charge in [0.25, 0.3) is 5.91 Å². The number of hydrogen-bond donors (Lipinski definition) is 2. The van der Waals surface area contributed by atoms with Gasteiger partial charge in [0.1, 0.15) is 16.4 Å². The third kappa shape index (κ3) is 4.13. The van der Waals surface area contributed by atoms with Crippen molar-refractivity contribution in [2.75, 3.05) is 42.3 Å². The van der Waals surface area contributed by atoms with Crippen molar-refractivity contribution in [3.8, 4) is 10.6 Å². The number of nitrogens with two attached hydrogens (primary N) is 1. The van der Waals surface area contributed by atoms with E-state index in [1.54, 1.807) is 12.1 Å². The summed E-state index contributed by atoms with van der Waals surface area (Å²) in [4.78, 5) is 21.7. The van der Waals surface area contributed by atoms with Crippen LogP contribution in [0, 0.1) is 0 Å². The van der Waals surface area contributed by atoms with Crippen LogP contribution in [0.15, 0.2) is 46.9 Å². The van der Waals surface area contributed by atoms with E-state index < -0.39 is 0 Å². The fraction of sp³-hybridized carbons (Fsp3) is 0.333. The van der Waals surface area contributed by atoms with Gasteiger partial charge in [-0.1, -0.05) is 18.2 Å². The first-order valence-electron chi connectivity index (χ1n) is 12.1. The molecule has 1 fully saturated rings. The molecule has 0 radical (unpaired) electrons. The Bertz CT molecular complexity index is 1440. The normalized spacial score (nSPS) is 17.2. The molecule has 0 unspecified atom stereocenters. The molecule has 0 spiro atoms. The highest BCUT2D eigenvalue weighted by atomic mass is 32.1. The van der Waals surface area contributed by atoms with Gasteiger partial charge in [0.2, 0.25) is 0 Å². The second-order valence-corrected chi connectivity index (χ2v) is 10.7. The second-order valence-electron chi connectivity index (χ2n) is 9.73. The summed E-state index contributed by atoms with van der Waals surface area (Å²) in [6, 6.07) is 12.8. The first-order valence-corrected chi connectivity index (χ1v) is 12.9. The molecule has 1 saturated heterocycles. The zero-order valence-electron chi connectivity index (χ0n) is 20.3. The summed E-state index contributed by atoms with van der Waals surface area (Å²) < 4.78 is 17.7. The molecule has 6 rings (SSSR count). The molecule has 1 amide bonds. The third-order valence-corrected chi connectivity index (χ3v) is 7.79. The number of nitrogen functional groups attached to an aromatic ring is 1. The lowest BCUT2D eigenvalue weighted by atomic mass is 9.89. The van der Waals surface area contributed by atoms with Gasteiger partial charge in [0.15, 0.2) is 5.76 Å². The number of carbonyl (C=O) groups is 1. The maximum atomic E-state index is 12.7. The number of fused-ring (bicyclic) bond motifs is 3. The Labute approximate surface area is 213 Å². The topological polar surface area (TPSA) is 103 Å². The Kier molecular flexibility index (Phi) is 5.70. The zero-order chi connectivity index (χ0) is 24.9. The number of carbonyl (C=O) groups excluding carboxylic acids is 1. The fourth-order valence-electron chi connectivity index (χ4n) is 4.86. The number of morpholine rings is 1. The molecule has 36 heavy (non-hydrogen) atoms. The van der Waals surface area contributed by atoms with Crippen molar-refractivity contribution in [1.29, 1.82) is 0 Å². The number of aromatic nitrogens is 1. The lowest BCUT2D eigenvalue weighted by molar-refractivity contribution is -0.0396. The molecule has 2 aliphatic heterocycles. The van der Waals surface area contributed by atoms with Crippen LogP contribution in [-0.2, 0) is 22.5 Å². The van der Waals surface area contributed by atoms with Gasteiger partial charge in [-0.05, 0) is 43.7 Å². The van der Waals surface area contributed by atoms with Crippen LogP contribution in [0.4, 0.5) is 17.2 Å². The summed E-state index contributed by atoms with van der Waals surface area (Å²) >= 11 is 1.50. The van der Waals surface area contributed by atoms with E-state index in [0.29, 0.717) is 37.0 Å². The van der Waals surface area contributed by atoms with Gasteiger partial charge in [-0.2, -0.15) is 0 Å². The summed E-state index contributed by atoms with van der Waals surface area (Å²) in [5, 5.41) is 3.82. The molecule has 186 valence electrons. The predicted octanol–water partition coefficient (Wildman–Crippen LogP) is 5.08. The number of pyridine rings is 1. The van der Waals surface area contributed by atoms with E-state index in [1.165, 1.54) is 16.9 Å². The number of ether oxygens (including phenoxy) is 2. The van der Waals surface area contributed by atoms with Gasteiger partial charge in [0, 0.05) is 36.1 Å². The van der Waals surface area contributed by atoms with Gasteiger partial charge >= 0.3 is 0 Å². The van der Waals surface area contributed by atoms with Crippen molar-refractivity contribution in [3.05, 3.63) is 59.4 Å². The Balaban J connectivity index is 1.41. The molecule has 0 bridgehead atoms. The highest BCUT2D eigenvalue weighted by molar-refractivity contribution is 7.22. The second kappa shape index (κ2) is 8.92. The molecule has 0 atom stereocenters. The Morgan fingerprint density at radius 3 is 2.67 bits per heavy atom. The molecule has 0 saturated carbocycles. The minimum atomic E-state index is -0.309. The molecule has 3 N–H and O–H groups in total. The summed E-state index contributed by atoms with van der Waals surface area (Å²) in [6.07, 6.45) is 0.738. The number of benzene rings is 1. The van der Waals surface area contributed by atoms with Crippen LogP contribution in [0.25, 0.3) is 20.9 Å². The highest BCUT2D eigenvalue weighted by Gasteiger charge is 2.34. The lowest BCUT2D eigenvalue weighted by Gasteiger charge is -2.36. The Morgan fingerprint density at radius 2 is 1.89 bits per heavy atom. The van der Waals surface area contributed by atoms with Crippen molar-refractivity contribution >= 4 is 44.7 Å². The summed E-state index contributed by atoms with van der Waals surface area (Å²) in [5.74, 6) is 1.42. The number of thiophene rings is 1. The SMILES string of the molecule is CC1(C)Cc2c(c(N3CCOCC3)nc3sc(-c4ccc(C(=O)Nc5ccccc5)o4)c(N)c23)CO1. The van der Waals surface area contributed by atoms with E-state index in [4.69, 9.17) is 24.6 Å². The smallest absolute Gasteiger partial charge is 0.291 e. The average Bonchev–Trinajstić information content (AvgIpc) is 3.49. The van der Waals surface area contributed by atoms with Crippen LogP contribution in [0.3, 0.4) is 0 Å². The van der Waals surface area contributed by atoms with Crippen molar-refractivity contribution in [2.45, 2.75) is 32.5 Å². The van der Waals surface area contributed by atoms with Gasteiger partial charge in [-0.25, -0.2) is 4.98 Å². The third-order valence-electron chi connectivity index (χ3n) is 6.68. The fourth-order valence-corrected chi connectivity index (χ4v) is 5.94. The molecular weight excluding hydrogens is 476 g/mol. The molecule has 9 heteroatoms. The summed E-state index contributed by atoms with van der Waals surface area (Å²) in [6.45, 7) is 7.64. The van der Waals surface area contributed by atoms with Crippen LogP contribution in [0.2, 0.25) is 0 Å². The van der Waals surface area contributed by atoms with Crippen LogP contribution >= 0.6 is 11.3 Å². The molecule has 8 nitrogen and oxygen atoms in total. The van der Waals surface area contributed by atoms with E-state index in [-0.39, 0.29) is 17.3 Å². The predicted molar refractivity (Wildman–Crippen MR) is 142 cm³/mol. The molecule has 3 aromatic heterocycles. The molecular formula is C27H28N4O4S.